The van der Waals surface area contributed by atoms with Crippen molar-refractivity contribution in [3.8, 4) is 16.9 Å². The average Bonchev–Trinajstić information content (AvgIpc) is 2.78. The van der Waals surface area contributed by atoms with Crippen LogP contribution in [0, 0.1) is 5.82 Å². The fourth-order valence-electron chi connectivity index (χ4n) is 1.78. The molecule has 0 unspecified atom stereocenters. The third-order valence-electron chi connectivity index (χ3n) is 2.58. The van der Waals surface area contributed by atoms with Crippen molar-refractivity contribution >= 4 is 5.88 Å². The molecule has 1 heterocycles. The minimum Gasteiger partial charge on any atom is -0.496 e. The molecule has 0 atom stereocenters. The van der Waals surface area contributed by atoms with Gasteiger partial charge in [-0.1, -0.05) is 5.16 Å². The lowest BCUT2D eigenvalue weighted by molar-refractivity contribution is 0.178. The molecule has 0 saturated carbocycles. The summed E-state index contributed by atoms with van der Waals surface area (Å²) in [7, 11) is 2.94. The van der Waals surface area contributed by atoms with Crippen LogP contribution < -0.4 is 10.5 Å². The molecule has 0 aliphatic rings. The molecule has 6 heteroatoms. The van der Waals surface area contributed by atoms with Gasteiger partial charge in [-0.2, -0.15) is 0 Å². The molecule has 1 aromatic carbocycles. The Kier molecular flexibility index (Phi) is 3.47. The molecule has 0 saturated heterocycles. The summed E-state index contributed by atoms with van der Waals surface area (Å²) in [6.45, 7) is 0.105. The van der Waals surface area contributed by atoms with Crippen molar-refractivity contribution in [1.82, 2.24) is 5.16 Å². The Labute approximate surface area is 103 Å². The van der Waals surface area contributed by atoms with Crippen LogP contribution in [0.15, 0.2) is 22.9 Å². The second kappa shape index (κ2) is 5.05. The van der Waals surface area contributed by atoms with Gasteiger partial charge >= 0.3 is 0 Å². The zero-order valence-electron chi connectivity index (χ0n) is 10.1. The Balaban J connectivity index is 2.61. The molecule has 0 radical (unpaired) electrons. The van der Waals surface area contributed by atoms with E-state index in [1.807, 2.05) is 0 Å². The third kappa shape index (κ3) is 2.02. The van der Waals surface area contributed by atoms with E-state index in [9.17, 15) is 4.39 Å². The Morgan fingerprint density at radius 1 is 1.33 bits per heavy atom. The van der Waals surface area contributed by atoms with E-state index in [2.05, 4.69) is 5.16 Å². The molecule has 1 aromatic heterocycles. The van der Waals surface area contributed by atoms with E-state index >= 15 is 0 Å². The first-order valence-corrected chi connectivity index (χ1v) is 5.23. The van der Waals surface area contributed by atoms with Crippen LogP contribution in [-0.2, 0) is 11.3 Å². The third-order valence-corrected chi connectivity index (χ3v) is 2.58. The molecular formula is C12H13FN2O3. The zero-order chi connectivity index (χ0) is 13.1. The summed E-state index contributed by atoms with van der Waals surface area (Å²) in [4.78, 5) is 0. The first kappa shape index (κ1) is 12.4. The van der Waals surface area contributed by atoms with E-state index in [0.717, 1.165) is 0 Å². The monoisotopic (exact) mass is 252 g/mol. The van der Waals surface area contributed by atoms with Gasteiger partial charge in [-0.25, -0.2) is 4.39 Å². The number of rotatable bonds is 4. The van der Waals surface area contributed by atoms with Crippen LogP contribution in [0.3, 0.4) is 0 Å². The number of aromatic nitrogens is 1. The summed E-state index contributed by atoms with van der Waals surface area (Å²) in [6.07, 6.45) is 1.46. The van der Waals surface area contributed by atoms with Gasteiger partial charge < -0.3 is 19.7 Å². The Morgan fingerprint density at radius 2 is 2.11 bits per heavy atom. The lowest BCUT2D eigenvalue weighted by atomic mass is 10.0. The summed E-state index contributed by atoms with van der Waals surface area (Å²) < 4.78 is 28.7. The van der Waals surface area contributed by atoms with Crippen molar-refractivity contribution in [2.45, 2.75) is 6.61 Å². The minimum absolute atomic E-state index is 0.105. The van der Waals surface area contributed by atoms with Crippen molar-refractivity contribution in [2.75, 3.05) is 20.0 Å². The van der Waals surface area contributed by atoms with Gasteiger partial charge in [0.1, 0.15) is 11.6 Å². The number of hydrogen-bond donors (Lipinski definition) is 1. The van der Waals surface area contributed by atoms with Crippen LogP contribution in [0.1, 0.15) is 5.56 Å². The zero-order valence-corrected chi connectivity index (χ0v) is 10.1. The number of methoxy groups -OCH3 is 2. The predicted octanol–water partition coefficient (Wildman–Crippen LogP) is 2.22. The molecule has 0 spiro atoms. The van der Waals surface area contributed by atoms with Crippen molar-refractivity contribution in [3.05, 3.63) is 29.7 Å². The molecule has 2 rings (SSSR count). The van der Waals surface area contributed by atoms with E-state index in [4.69, 9.17) is 19.7 Å². The van der Waals surface area contributed by atoms with Gasteiger partial charge in [0.15, 0.2) is 0 Å². The standard InChI is InChI=1S/C12H13FN2O3/c1-16-6-9-10(13)4-3-7(11(9)17-2)8-5-15-18-12(8)14/h3-5H,6,14H2,1-2H3. The van der Waals surface area contributed by atoms with Crippen LogP contribution in [-0.4, -0.2) is 19.4 Å². The molecule has 0 amide bonds. The molecule has 0 aliphatic heterocycles. The van der Waals surface area contributed by atoms with Crippen molar-refractivity contribution < 1.29 is 18.4 Å². The van der Waals surface area contributed by atoms with Crippen LogP contribution in [0.2, 0.25) is 0 Å². The predicted molar refractivity (Wildman–Crippen MR) is 63.6 cm³/mol. The van der Waals surface area contributed by atoms with Gasteiger partial charge in [-0.3, -0.25) is 0 Å². The number of halogens is 1. The fourth-order valence-corrected chi connectivity index (χ4v) is 1.78. The van der Waals surface area contributed by atoms with Crippen molar-refractivity contribution in [2.24, 2.45) is 0 Å². The van der Waals surface area contributed by atoms with Crippen molar-refractivity contribution in [3.63, 3.8) is 0 Å². The Bertz CT molecular complexity index is 554. The molecule has 5 nitrogen and oxygen atoms in total. The molecule has 0 bridgehead atoms. The number of nitrogens with two attached hydrogens (primary N) is 1. The summed E-state index contributed by atoms with van der Waals surface area (Å²) in [5, 5.41) is 3.59. The maximum absolute atomic E-state index is 13.7. The fraction of sp³-hybridized carbons (Fsp3) is 0.250. The molecule has 18 heavy (non-hydrogen) atoms. The van der Waals surface area contributed by atoms with Gasteiger partial charge in [-0.05, 0) is 12.1 Å². The molecule has 0 aliphatic carbocycles. The SMILES string of the molecule is COCc1c(F)ccc(-c2cnoc2N)c1OC. The number of anilines is 1. The Hall–Kier alpha value is -2.08. The number of benzene rings is 1. The first-order valence-electron chi connectivity index (χ1n) is 5.23. The van der Waals surface area contributed by atoms with Gasteiger partial charge in [0.25, 0.3) is 0 Å². The van der Waals surface area contributed by atoms with Gasteiger partial charge in [0, 0.05) is 12.7 Å². The summed E-state index contributed by atoms with van der Waals surface area (Å²) in [5.74, 6) is 0.127. The van der Waals surface area contributed by atoms with E-state index in [1.54, 1.807) is 6.07 Å². The van der Waals surface area contributed by atoms with Gasteiger partial charge in [0.2, 0.25) is 5.88 Å². The van der Waals surface area contributed by atoms with Crippen LogP contribution in [0.25, 0.3) is 11.1 Å². The Morgan fingerprint density at radius 3 is 2.67 bits per heavy atom. The molecule has 2 N–H and O–H groups in total. The number of nitrogen functional groups attached to an aromatic ring is 1. The summed E-state index contributed by atoms with van der Waals surface area (Å²) in [6, 6.07) is 2.90. The van der Waals surface area contributed by atoms with Gasteiger partial charge in [0.05, 0.1) is 31.0 Å². The normalized spacial score (nSPS) is 10.6. The highest BCUT2D eigenvalue weighted by molar-refractivity contribution is 5.78. The highest BCUT2D eigenvalue weighted by Crippen LogP contribution is 2.37. The van der Waals surface area contributed by atoms with E-state index < -0.39 is 5.82 Å². The second-order valence-electron chi connectivity index (χ2n) is 3.64. The van der Waals surface area contributed by atoms with Crippen LogP contribution in [0.4, 0.5) is 10.3 Å². The highest BCUT2D eigenvalue weighted by atomic mass is 19.1. The quantitative estimate of drug-likeness (QED) is 0.903. The maximum Gasteiger partial charge on any atom is 0.230 e. The number of hydrogen-bond acceptors (Lipinski definition) is 5. The number of ether oxygens (including phenoxy) is 2. The largest absolute Gasteiger partial charge is 0.496 e. The maximum atomic E-state index is 13.7. The van der Waals surface area contributed by atoms with E-state index in [-0.39, 0.29) is 12.5 Å². The topological polar surface area (TPSA) is 70.5 Å². The average molecular weight is 252 g/mol. The lowest BCUT2D eigenvalue weighted by Gasteiger charge is -2.13. The highest BCUT2D eigenvalue weighted by Gasteiger charge is 2.18. The van der Waals surface area contributed by atoms with Crippen LogP contribution >= 0.6 is 0 Å². The molecule has 0 fully saturated rings. The smallest absolute Gasteiger partial charge is 0.230 e. The number of nitrogens with zero attached hydrogens (tertiary/aromatic N) is 1. The summed E-state index contributed by atoms with van der Waals surface area (Å²) >= 11 is 0. The molecule has 2 aromatic rings. The molecule has 96 valence electrons. The van der Waals surface area contributed by atoms with E-state index in [1.165, 1.54) is 26.5 Å². The van der Waals surface area contributed by atoms with Crippen molar-refractivity contribution in [1.29, 1.82) is 0 Å². The van der Waals surface area contributed by atoms with Crippen LogP contribution in [0.5, 0.6) is 5.75 Å². The summed E-state index contributed by atoms with van der Waals surface area (Å²) in [5.41, 5.74) is 7.16. The first-order chi connectivity index (χ1) is 8.69. The molecular weight excluding hydrogens is 239 g/mol. The second-order valence-corrected chi connectivity index (χ2v) is 3.64. The minimum atomic E-state index is -0.396. The van der Waals surface area contributed by atoms with E-state index in [0.29, 0.717) is 22.4 Å². The lowest BCUT2D eigenvalue weighted by Crippen LogP contribution is -2.00. The van der Waals surface area contributed by atoms with Gasteiger partial charge in [-0.15, -0.1) is 0 Å².